The van der Waals surface area contributed by atoms with Crippen molar-refractivity contribution in [2.45, 2.75) is 104 Å². The molecule has 2 fully saturated rings. The molecule has 1 heterocycles. The molecule has 1 aliphatic carbocycles. The highest BCUT2D eigenvalue weighted by Gasteiger charge is 2.31. The summed E-state index contributed by atoms with van der Waals surface area (Å²) in [4.78, 5) is 42.1. The monoisotopic (exact) mass is 578 g/mol. The van der Waals surface area contributed by atoms with E-state index in [1.807, 2.05) is 71.9 Å². The van der Waals surface area contributed by atoms with E-state index in [9.17, 15) is 9.59 Å². The van der Waals surface area contributed by atoms with Gasteiger partial charge in [0.1, 0.15) is 11.8 Å². The van der Waals surface area contributed by atoms with Crippen LogP contribution in [0.5, 0.6) is 5.75 Å². The summed E-state index contributed by atoms with van der Waals surface area (Å²) < 4.78 is 5.46. The van der Waals surface area contributed by atoms with E-state index in [2.05, 4.69) is 36.1 Å². The van der Waals surface area contributed by atoms with E-state index >= 15 is 0 Å². The number of Topliss-reactive ketones (excluding diaryl/α,β-unsaturated/α-hetero) is 1. The summed E-state index contributed by atoms with van der Waals surface area (Å²) >= 11 is 0. The molecule has 1 atom stereocenters. The second-order valence-electron chi connectivity index (χ2n) is 12.5. The van der Waals surface area contributed by atoms with Crippen LogP contribution in [0.4, 0.5) is 0 Å². The van der Waals surface area contributed by atoms with E-state index in [4.69, 9.17) is 17.9 Å². The molecule has 1 aromatic carbocycles. The first-order valence-corrected chi connectivity index (χ1v) is 14.6. The lowest BCUT2D eigenvalue weighted by atomic mass is 10.0. The number of nitrogens with zero attached hydrogens (tertiary/aromatic N) is 5. The molecule has 2 aliphatic rings. The number of amides is 1. The van der Waals surface area contributed by atoms with Crippen molar-refractivity contribution in [3.8, 4) is 5.75 Å². The molecular formula is C31H46N8O3. The van der Waals surface area contributed by atoms with E-state index < -0.39 is 6.04 Å². The Morgan fingerprint density at radius 1 is 0.976 bits per heavy atom. The minimum Gasteiger partial charge on any atom is -0.422 e. The third kappa shape index (κ3) is 13.0. The van der Waals surface area contributed by atoms with Gasteiger partial charge in [-0.2, -0.15) is 23.1 Å². The van der Waals surface area contributed by atoms with Crippen molar-refractivity contribution in [2.24, 2.45) is 15.9 Å². The topological polar surface area (TPSA) is 116 Å². The van der Waals surface area contributed by atoms with Crippen LogP contribution >= 0.6 is 0 Å². The zero-order chi connectivity index (χ0) is 31.2. The molecule has 0 aromatic heterocycles. The first-order valence-electron chi connectivity index (χ1n) is 14.6. The molecular weight excluding hydrogens is 532 g/mol. The van der Waals surface area contributed by atoms with Crippen LogP contribution in [0, 0.1) is 19.1 Å². The third-order valence-electron chi connectivity index (χ3n) is 6.40. The average molecular weight is 579 g/mol. The van der Waals surface area contributed by atoms with Gasteiger partial charge in [-0.15, -0.1) is 0 Å². The summed E-state index contributed by atoms with van der Waals surface area (Å²) in [6, 6.07) is 8.91. The second kappa shape index (κ2) is 16.4. The Morgan fingerprint density at radius 2 is 1.60 bits per heavy atom. The highest BCUT2D eigenvalue weighted by Crippen LogP contribution is 2.26. The Hall–Kier alpha value is -4.12. The standard InChI is InChI=1S/C19H31N5O2.C12H15N3O/c1-19(2,3)22-18(23-20-4)21-15-11-7-8-12-24(17(15)26)13-16(25)14-9-5-6-10-14;1-12(2,3)14-11(15-13-4)16-10-8-6-5-7-9-10/h14-15H,5-13H2,1-3H3,(H2,21,22,23);5-9H,1-3H3,(H,14,15). The fourth-order valence-corrected chi connectivity index (χ4v) is 4.60. The Morgan fingerprint density at radius 3 is 2.17 bits per heavy atom. The van der Waals surface area contributed by atoms with Crippen molar-refractivity contribution in [1.82, 2.24) is 21.1 Å². The SMILES string of the molecule is [C-]#[N+]NC(=NC(C)(C)C)Oc1ccccc1.[C-]#[N+]NC(=NC1CCCCN(CC(=O)C2CCCC2)C1=O)NC(C)(C)C. The number of ketones is 1. The average Bonchev–Trinajstić information content (AvgIpc) is 3.38. The highest BCUT2D eigenvalue weighted by atomic mass is 16.5. The van der Waals surface area contributed by atoms with Crippen molar-refractivity contribution in [1.29, 1.82) is 0 Å². The summed E-state index contributed by atoms with van der Waals surface area (Å²) in [6.45, 7) is 26.3. The van der Waals surface area contributed by atoms with Gasteiger partial charge in [0.25, 0.3) is 5.96 Å². The molecule has 3 N–H and O–H groups in total. The number of para-hydroxylation sites is 1. The van der Waals surface area contributed by atoms with Crippen molar-refractivity contribution in [3.63, 3.8) is 0 Å². The zero-order valence-electron chi connectivity index (χ0n) is 25.9. The van der Waals surface area contributed by atoms with Crippen LogP contribution in [-0.2, 0) is 9.59 Å². The normalized spacial score (nSPS) is 18.5. The molecule has 1 amide bonds. The molecule has 1 aliphatic heterocycles. The number of hydrogen-bond donors (Lipinski definition) is 3. The van der Waals surface area contributed by atoms with Gasteiger partial charge in [0.15, 0.2) is 5.78 Å². The van der Waals surface area contributed by atoms with Crippen LogP contribution in [0.1, 0.15) is 86.5 Å². The molecule has 1 aromatic rings. The maximum absolute atomic E-state index is 12.9. The highest BCUT2D eigenvalue weighted by molar-refractivity contribution is 5.91. The molecule has 42 heavy (non-hydrogen) atoms. The predicted octanol–water partition coefficient (Wildman–Crippen LogP) is 4.94. The van der Waals surface area contributed by atoms with E-state index in [0.717, 1.165) is 38.5 Å². The first-order chi connectivity index (χ1) is 19.8. The Labute approximate surface area is 250 Å². The van der Waals surface area contributed by atoms with Crippen molar-refractivity contribution < 1.29 is 14.3 Å². The van der Waals surface area contributed by atoms with Crippen LogP contribution in [-0.4, -0.2) is 58.8 Å². The van der Waals surface area contributed by atoms with Crippen LogP contribution in [0.15, 0.2) is 40.3 Å². The molecule has 1 saturated carbocycles. The molecule has 1 unspecified atom stereocenters. The number of benzene rings is 1. The molecule has 0 radical (unpaired) electrons. The number of carbonyl (C=O) groups is 2. The van der Waals surface area contributed by atoms with Gasteiger partial charge in [-0.25, -0.2) is 9.98 Å². The summed E-state index contributed by atoms with van der Waals surface area (Å²) in [5, 5.41) is 3.13. The van der Waals surface area contributed by atoms with E-state index in [1.54, 1.807) is 4.90 Å². The Kier molecular flexibility index (Phi) is 13.3. The van der Waals surface area contributed by atoms with Crippen LogP contribution in [0.2, 0.25) is 0 Å². The number of ether oxygens (including phenoxy) is 1. The quantitative estimate of drug-likeness (QED) is 0.197. The summed E-state index contributed by atoms with van der Waals surface area (Å²) in [5.41, 5.74) is 4.36. The lowest BCUT2D eigenvalue weighted by Gasteiger charge is -2.25. The van der Waals surface area contributed by atoms with Gasteiger partial charge in [-0.1, -0.05) is 36.5 Å². The van der Waals surface area contributed by atoms with Gasteiger partial charge in [-0.3, -0.25) is 9.59 Å². The fourth-order valence-electron chi connectivity index (χ4n) is 4.60. The number of amidine groups is 1. The number of aliphatic imine (C=N–C) groups is 2. The van der Waals surface area contributed by atoms with Crippen LogP contribution < -0.4 is 20.9 Å². The molecule has 11 nitrogen and oxygen atoms in total. The van der Waals surface area contributed by atoms with Gasteiger partial charge in [-0.05, 0) is 91.2 Å². The third-order valence-corrected chi connectivity index (χ3v) is 6.40. The number of hydrogen-bond acceptors (Lipinski definition) is 5. The summed E-state index contributed by atoms with van der Waals surface area (Å²) in [7, 11) is 0. The lowest BCUT2D eigenvalue weighted by molar-refractivity contribution is -0.137. The van der Waals surface area contributed by atoms with Gasteiger partial charge in [0.2, 0.25) is 5.91 Å². The van der Waals surface area contributed by atoms with Gasteiger partial charge in [0, 0.05) is 18.0 Å². The predicted molar refractivity (Wildman–Crippen MR) is 165 cm³/mol. The van der Waals surface area contributed by atoms with Crippen molar-refractivity contribution in [3.05, 3.63) is 53.4 Å². The lowest BCUT2D eigenvalue weighted by Crippen LogP contribution is -2.48. The maximum atomic E-state index is 12.9. The minimum absolute atomic E-state index is 0.103. The van der Waals surface area contributed by atoms with E-state index in [0.29, 0.717) is 24.7 Å². The largest absolute Gasteiger partial charge is 0.422 e. The zero-order valence-corrected chi connectivity index (χ0v) is 25.9. The van der Waals surface area contributed by atoms with E-state index in [-0.39, 0.29) is 41.3 Å². The fraction of sp³-hybridized carbons (Fsp3) is 0.613. The smallest absolute Gasteiger partial charge is 0.358 e. The molecule has 1 saturated heterocycles. The maximum Gasteiger partial charge on any atom is 0.358 e. The molecule has 0 spiro atoms. The van der Waals surface area contributed by atoms with Gasteiger partial charge < -0.3 is 15.0 Å². The Bertz CT molecular complexity index is 1160. The molecule has 11 heteroatoms. The number of carbonyl (C=O) groups excluding carboxylic acids is 2. The second-order valence-corrected chi connectivity index (χ2v) is 12.5. The van der Waals surface area contributed by atoms with Gasteiger partial charge >= 0.3 is 6.02 Å². The van der Waals surface area contributed by atoms with Crippen molar-refractivity contribution in [2.75, 3.05) is 13.1 Å². The molecule has 0 bridgehead atoms. The number of likely N-dealkylation sites (tertiary alicyclic amines) is 1. The summed E-state index contributed by atoms with van der Waals surface area (Å²) in [6.07, 6.45) is 6.54. The molecule has 3 rings (SSSR count). The number of rotatable bonds is 5. The summed E-state index contributed by atoms with van der Waals surface area (Å²) in [5.74, 6) is 1.17. The van der Waals surface area contributed by atoms with Crippen LogP contribution in [0.3, 0.4) is 0 Å². The van der Waals surface area contributed by atoms with Gasteiger partial charge in [0.05, 0.1) is 12.1 Å². The molecule has 228 valence electrons. The first kappa shape index (κ1) is 34.1. The van der Waals surface area contributed by atoms with Crippen molar-refractivity contribution >= 4 is 23.7 Å². The number of guanidine groups is 1. The van der Waals surface area contributed by atoms with E-state index in [1.165, 1.54) is 0 Å². The minimum atomic E-state index is -0.548. The Balaban J connectivity index is 0.000000330. The number of nitrogens with one attached hydrogen (secondary N) is 3. The van der Waals surface area contributed by atoms with Crippen LogP contribution in [0.25, 0.3) is 9.91 Å².